The molecule has 9 nitrogen and oxygen atoms in total. The molecule has 2 rings (SSSR count). The van der Waals surface area contributed by atoms with Crippen molar-refractivity contribution in [3.63, 3.8) is 0 Å². The number of ether oxygens (including phenoxy) is 1. The van der Waals surface area contributed by atoms with Gasteiger partial charge in [0.2, 0.25) is 5.75 Å². The van der Waals surface area contributed by atoms with Crippen LogP contribution in [0.1, 0.15) is 12.5 Å². The first-order valence-corrected chi connectivity index (χ1v) is 8.43. The first-order valence-electron chi connectivity index (χ1n) is 6.82. The van der Waals surface area contributed by atoms with Crippen LogP contribution in [-0.4, -0.2) is 45.2 Å². The minimum Gasteiger partial charge on any atom is -0.501 e. The third kappa shape index (κ3) is 4.17. The van der Waals surface area contributed by atoms with Gasteiger partial charge in [0.05, 0.1) is 20.9 Å². The first-order chi connectivity index (χ1) is 11.7. The van der Waals surface area contributed by atoms with E-state index in [2.05, 4.69) is 15.9 Å². The summed E-state index contributed by atoms with van der Waals surface area (Å²) in [5.74, 6) is -1.96. The van der Waals surface area contributed by atoms with E-state index in [-0.39, 0.29) is 21.5 Å². The number of phenols is 1. The van der Waals surface area contributed by atoms with E-state index in [0.29, 0.717) is 11.8 Å². The summed E-state index contributed by atoms with van der Waals surface area (Å²) in [5, 5.41) is 19.9. The number of halogens is 1. The van der Waals surface area contributed by atoms with Gasteiger partial charge >= 0.3 is 11.7 Å². The van der Waals surface area contributed by atoms with Gasteiger partial charge in [0.25, 0.3) is 11.1 Å². The number of nitro groups is 1. The largest absolute Gasteiger partial charge is 0.501 e. The maximum atomic E-state index is 12.2. The topological polar surface area (TPSA) is 127 Å². The number of hydrogen-bond donors (Lipinski definition) is 1. The predicted octanol–water partition coefficient (Wildman–Crippen LogP) is 2.66. The normalized spacial score (nSPS) is 15.8. The highest BCUT2D eigenvalue weighted by molar-refractivity contribution is 9.10. The van der Waals surface area contributed by atoms with Crippen molar-refractivity contribution < 1.29 is 29.2 Å². The van der Waals surface area contributed by atoms with Crippen molar-refractivity contribution >= 4 is 56.6 Å². The van der Waals surface area contributed by atoms with Crippen LogP contribution in [0.3, 0.4) is 0 Å². The summed E-state index contributed by atoms with van der Waals surface area (Å²) in [5.41, 5.74) is -0.315. The number of thioether (sulfide) groups is 1. The van der Waals surface area contributed by atoms with E-state index in [1.165, 1.54) is 12.1 Å². The summed E-state index contributed by atoms with van der Waals surface area (Å²) in [6.07, 6.45) is 1.27. The molecule has 11 heteroatoms. The van der Waals surface area contributed by atoms with E-state index in [1.807, 2.05) is 0 Å². The van der Waals surface area contributed by atoms with Crippen LogP contribution in [0.15, 0.2) is 21.5 Å². The summed E-state index contributed by atoms with van der Waals surface area (Å²) in [4.78, 5) is 46.5. The minimum absolute atomic E-state index is 0.00110. The summed E-state index contributed by atoms with van der Waals surface area (Å²) in [6.45, 7) is 1.21. The number of imide groups is 1. The molecule has 0 bridgehead atoms. The second kappa shape index (κ2) is 7.66. The van der Waals surface area contributed by atoms with Gasteiger partial charge in [-0.05, 0) is 52.3 Å². The average Bonchev–Trinajstić information content (AvgIpc) is 2.78. The number of esters is 1. The van der Waals surface area contributed by atoms with Crippen molar-refractivity contribution in [3.8, 4) is 5.75 Å². The molecule has 0 atom stereocenters. The molecule has 1 N–H and O–H groups in total. The Morgan fingerprint density at radius 3 is 2.76 bits per heavy atom. The van der Waals surface area contributed by atoms with Crippen molar-refractivity contribution in [1.82, 2.24) is 4.90 Å². The van der Waals surface area contributed by atoms with Gasteiger partial charge in [-0.25, -0.2) is 0 Å². The lowest BCUT2D eigenvalue weighted by Crippen LogP contribution is -2.34. The molecule has 0 saturated carbocycles. The number of benzene rings is 1. The molecule has 1 aromatic rings. The van der Waals surface area contributed by atoms with Crippen molar-refractivity contribution in [2.24, 2.45) is 0 Å². The molecule has 1 fully saturated rings. The maximum Gasteiger partial charge on any atom is 0.326 e. The molecular weight excluding hydrogens is 420 g/mol. The van der Waals surface area contributed by atoms with Crippen molar-refractivity contribution in [2.75, 3.05) is 13.2 Å². The van der Waals surface area contributed by atoms with E-state index in [4.69, 9.17) is 4.74 Å². The van der Waals surface area contributed by atoms with Gasteiger partial charge in [0.1, 0.15) is 6.54 Å². The molecule has 25 heavy (non-hydrogen) atoms. The Bertz CT molecular complexity index is 809. The van der Waals surface area contributed by atoms with E-state index >= 15 is 0 Å². The molecule has 132 valence electrons. The van der Waals surface area contributed by atoms with Gasteiger partial charge in [-0.15, -0.1) is 0 Å². The van der Waals surface area contributed by atoms with Crippen molar-refractivity contribution in [3.05, 3.63) is 37.2 Å². The van der Waals surface area contributed by atoms with E-state index < -0.39 is 40.0 Å². The zero-order valence-corrected chi connectivity index (χ0v) is 15.1. The molecule has 1 aliphatic rings. The van der Waals surface area contributed by atoms with Crippen LogP contribution in [0.2, 0.25) is 0 Å². The molecule has 0 spiro atoms. The van der Waals surface area contributed by atoms with Crippen LogP contribution in [-0.2, 0) is 14.3 Å². The number of rotatable bonds is 5. The van der Waals surface area contributed by atoms with E-state index in [1.54, 1.807) is 6.92 Å². The number of hydrogen-bond acceptors (Lipinski definition) is 8. The molecule has 2 amide bonds. The summed E-state index contributed by atoms with van der Waals surface area (Å²) in [7, 11) is 0. The molecule has 0 aliphatic carbocycles. The lowest BCUT2D eigenvalue weighted by atomic mass is 10.1. The number of aromatic hydroxyl groups is 1. The number of nitrogens with zero attached hydrogens (tertiary/aromatic N) is 2. The molecule has 1 saturated heterocycles. The number of carbonyl (C=O) groups is 3. The van der Waals surface area contributed by atoms with Crippen LogP contribution >= 0.6 is 27.7 Å². The molecule has 0 aromatic heterocycles. The average molecular weight is 431 g/mol. The molecule has 0 unspecified atom stereocenters. The Morgan fingerprint density at radius 2 is 2.16 bits per heavy atom. The molecular formula is C14H11BrN2O7S. The molecule has 1 aromatic carbocycles. The molecule has 0 radical (unpaired) electrons. The van der Waals surface area contributed by atoms with Crippen LogP contribution in [0.5, 0.6) is 5.75 Å². The second-order valence-corrected chi connectivity index (χ2v) is 6.55. The number of amides is 2. The van der Waals surface area contributed by atoms with E-state index in [0.717, 1.165) is 11.0 Å². The van der Waals surface area contributed by atoms with E-state index in [9.17, 15) is 29.6 Å². The van der Waals surface area contributed by atoms with Crippen LogP contribution in [0, 0.1) is 10.1 Å². The highest BCUT2D eigenvalue weighted by atomic mass is 79.9. The Morgan fingerprint density at radius 1 is 1.48 bits per heavy atom. The Labute approximate surface area is 153 Å². The van der Waals surface area contributed by atoms with Gasteiger partial charge in [0.15, 0.2) is 0 Å². The molecule has 1 heterocycles. The second-order valence-electron chi connectivity index (χ2n) is 4.70. The standard InChI is InChI=1S/C14H11BrN2O7S/c1-2-24-11(18)6-16-13(20)10(25-14(16)21)5-7-3-8(15)12(19)9(4-7)17(22)23/h3-5,19H,2,6H2,1H3. The summed E-state index contributed by atoms with van der Waals surface area (Å²) >= 11 is 3.59. The summed E-state index contributed by atoms with van der Waals surface area (Å²) < 4.78 is 4.77. The Kier molecular flexibility index (Phi) is 5.80. The molecule has 1 aliphatic heterocycles. The monoisotopic (exact) mass is 430 g/mol. The fraction of sp³-hybridized carbons (Fsp3) is 0.214. The van der Waals surface area contributed by atoms with Crippen LogP contribution in [0.4, 0.5) is 10.5 Å². The van der Waals surface area contributed by atoms with Gasteiger partial charge in [-0.1, -0.05) is 0 Å². The zero-order valence-electron chi connectivity index (χ0n) is 12.7. The Balaban J connectivity index is 2.30. The third-order valence-corrected chi connectivity index (χ3v) is 4.54. The lowest BCUT2D eigenvalue weighted by Gasteiger charge is -2.10. The smallest absolute Gasteiger partial charge is 0.326 e. The number of carbonyl (C=O) groups excluding carboxylic acids is 3. The van der Waals surface area contributed by atoms with Crippen LogP contribution < -0.4 is 0 Å². The van der Waals surface area contributed by atoms with Crippen LogP contribution in [0.25, 0.3) is 6.08 Å². The fourth-order valence-electron chi connectivity index (χ4n) is 1.95. The van der Waals surface area contributed by atoms with Crippen molar-refractivity contribution in [2.45, 2.75) is 6.92 Å². The Hall–Kier alpha value is -2.40. The number of nitro benzene ring substituents is 1. The lowest BCUT2D eigenvalue weighted by molar-refractivity contribution is -0.386. The predicted molar refractivity (Wildman–Crippen MR) is 91.8 cm³/mol. The summed E-state index contributed by atoms with van der Waals surface area (Å²) in [6, 6.07) is 2.43. The fourth-order valence-corrected chi connectivity index (χ4v) is 3.26. The quantitative estimate of drug-likeness (QED) is 0.326. The van der Waals surface area contributed by atoms with Crippen molar-refractivity contribution in [1.29, 1.82) is 0 Å². The highest BCUT2D eigenvalue weighted by Gasteiger charge is 2.36. The third-order valence-electron chi connectivity index (χ3n) is 3.03. The van der Waals surface area contributed by atoms with Gasteiger partial charge in [-0.2, -0.15) is 0 Å². The van der Waals surface area contributed by atoms with Gasteiger partial charge in [-0.3, -0.25) is 29.4 Å². The van der Waals surface area contributed by atoms with Gasteiger partial charge < -0.3 is 9.84 Å². The highest BCUT2D eigenvalue weighted by Crippen LogP contribution is 2.37. The van der Waals surface area contributed by atoms with Gasteiger partial charge in [0, 0.05) is 6.07 Å². The zero-order chi connectivity index (χ0) is 18.7. The first kappa shape index (κ1) is 18.9. The SMILES string of the molecule is CCOC(=O)CN1C(=O)SC(=Cc2cc(Br)c(O)c([N+](=O)[O-])c2)C1=O. The minimum atomic E-state index is -0.774. The maximum absolute atomic E-state index is 12.2. The number of phenolic OH excluding ortho intramolecular Hbond substituents is 1.